The van der Waals surface area contributed by atoms with Crippen LogP contribution in [0.3, 0.4) is 0 Å². The number of hydrogen-bond donors (Lipinski definition) is 0. The van der Waals surface area contributed by atoms with Crippen LogP contribution >= 0.6 is 0 Å². The molecule has 0 unspecified atom stereocenters. The van der Waals surface area contributed by atoms with Gasteiger partial charge in [-0.2, -0.15) is 5.26 Å². The van der Waals surface area contributed by atoms with Crippen molar-refractivity contribution in [1.82, 2.24) is 4.57 Å². The van der Waals surface area contributed by atoms with Gasteiger partial charge in [0.2, 0.25) is 0 Å². The fraction of sp³-hybridized carbons (Fsp3) is 0. The van der Waals surface area contributed by atoms with Crippen LogP contribution in [-0.2, 0) is 0 Å². The average molecular weight is 358 g/mol. The quantitative estimate of drug-likeness (QED) is 0.395. The Kier molecular flexibility index (Phi) is 4.82. The highest BCUT2D eigenvalue weighted by molar-refractivity contribution is 5.89. The van der Waals surface area contributed by atoms with Crippen molar-refractivity contribution in [1.29, 1.82) is 5.26 Å². The van der Waals surface area contributed by atoms with E-state index in [2.05, 4.69) is 6.07 Å². The molecule has 0 aliphatic heterocycles. The van der Waals surface area contributed by atoms with Crippen LogP contribution in [0, 0.1) is 21.4 Å². The van der Waals surface area contributed by atoms with Gasteiger partial charge in [0.05, 0.1) is 22.5 Å². The number of carboxylic acid groups (broad SMARTS) is 1. The number of carboxylic acids is 1. The molecule has 0 saturated heterocycles. The second-order valence-corrected chi connectivity index (χ2v) is 5.61. The molecule has 0 fully saturated rings. The van der Waals surface area contributed by atoms with E-state index in [1.807, 2.05) is 0 Å². The fourth-order valence-electron chi connectivity index (χ4n) is 2.60. The maximum atomic E-state index is 10.9. The van der Waals surface area contributed by atoms with E-state index in [0.29, 0.717) is 16.8 Å². The summed E-state index contributed by atoms with van der Waals surface area (Å²) in [6.07, 6.45) is 3.44. The minimum Gasteiger partial charge on any atom is -0.545 e. The van der Waals surface area contributed by atoms with Gasteiger partial charge >= 0.3 is 0 Å². The van der Waals surface area contributed by atoms with Crippen molar-refractivity contribution in [2.24, 2.45) is 0 Å². The van der Waals surface area contributed by atoms with Crippen molar-refractivity contribution in [2.75, 3.05) is 0 Å². The highest BCUT2D eigenvalue weighted by Gasteiger charge is 2.09. The molecule has 0 aliphatic rings. The smallest absolute Gasteiger partial charge is 0.269 e. The third kappa shape index (κ3) is 3.75. The number of hydrogen-bond acceptors (Lipinski definition) is 5. The van der Waals surface area contributed by atoms with Crippen LogP contribution in [0.5, 0.6) is 0 Å². The number of aromatic carboxylic acids is 1. The molecule has 1 heterocycles. The van der Waals surface area contributed by atoms with Gasteiger partial charge in [-0.1, -0.05) is 12.1 Å². The number of nitriles is 1. The monoisotopic (exact) mass is 358 g/mol. The molecule has 7 heteroatoms. The lowest BCUT2D eigenvalue weighted by atomic mass is 10.1. The van der Waals surface area contributed by atoms with Crippen molar-refractivity contribution >= 4 is 23.3 Å². The first-order valence-corrected chi connectivity index (χ1v) is 7.85. The molecule has 0 aliphatic carbocycles. The van der Waals surface area contributed by atoms with Gasteiger partial charge in [0.1, 0.15) is 0 Å². The highest BCUT2D eigenvalue weighted by atomic mass is 16.6. The number of nitrogens with zero attached hydrogens (tertiary/aromatic N) is 3. The van der Waals surface area contributed by atoms with Gasteiger partial charge in [-0.3, -0.25) is 10.1 Å². The zero-order valence-corrected chi connectivity index (χ0v) is 13.9. The Hall–Kier alpha value is -4.18. The van der Waals surface area contributed by atoms with Crippen LogP contribution in [0.4, 0.5) is 5.69 Å². The summed E-state index contributed by atoms with van der Waals surface area (Å²) in [7, 11) is 0. The molecule has 0 spiro atoms. The molecular formula is C20H12N3O4-. The Labute approximate surface area is 154 Å². The summed E-state index contributed by atoms with van der Waals surface area (Å²) in [6, 6.07) is 17.6. The van der Waals surface area contributed by atoms with E-state index in [4.69, 9.17) is 0 Å². The van der Waals surface area contributed by atoms with Gasteiger partial charge in [-0.25, -0.2) is 0 Å². The third-order valence-corrected chi connectivity index (χ3v) is 3.96. The van der Waals surface area contributed by atoms with Gasteiger partial charge in [0, 0.05) is 29.7 Å². The Balaban J connectivity index is 1.97. The Morgan fingerprint density at radius 3 is 2.22 bits per heavy atom. The van der Waals surface area contributed by atoms with Crippen LogP contribution in [0.25, 0.3) is 17.3 Å². The molecule has 0 atom stereocenters. The summed E-state index contributed by atoms with van der Waals surface area (Å²) in [5.74, 6) is -1.25. The van der Waals surface area contributed by atoms with Gasteiger partial charge in [0.15, 0.2) is 0 Å². The second kappa shape index (κ2) is 7.37. The molecule has 3 aromatic rings. The maximum absolute atomic E-state index is 10.9. The van der Waals surface area contributed by atoms with Crippen molar-refractivity contribution in [2.45, 2.75) is 0 Å². The van der Waals surface area contributed by atoms with E-state index in [1.165, 1.54) is 36.4 Å². The SMILES string of the molecule is N#C/C(=C/c1cccn1-c1ccc(C(=O)[O-])cc1)c1ccc([N+](=O)[O-])cc1. The predicted molar refractivity (Wildman–Crippen MR) is 96.7 cm³/mol. The normalized spacial score (nSPS) is 11.0. The van der Waals surface area contributed by atoms with Crippen molar-refractivity contribution in [3.05, 3.63) is 93.8 Å². The molecule has 7 nitrogen and oxygen atoms in total. The van der Waals surface area contributed by atoms with Gasteiger partial charge in [-0.05, 0) is 53.6 Å². The van der Waals surface area contributed by atoms with E-state index in [-0.39, 0.29) is 11.3 Å². The summed E-state index contributed by atoms with van der Waals surface area (Å²) in [5, 5.41) is 31.1. The lowest BCUT2D eigenvalue weighted by molar-refractivity contribution is -0.384. The molecule has 0 amide bonds. The minimum absolute atomic E-state index is 0.0487. The molecular weight excluding hydrogens is 346 g/mol. The zero-order chi connectivity index (χ0) is 19.4. The molecule has 0 bridgehead atoms. The molecule has 2 aromatic carbocycles. The summed E-state index contributed by atoms with van der Waals surface area (Å²) in [6.45, 7) is 0. The topological polar surface area (TPSA) is 112 Å². The number of benzene rings is 2. The van der Waals surface area contributed by atoms with Crippen molar-refractivity contribution in [3.63, 3.8) is 0 Å². The number of rotatable bonds is 5. The first kappa shape index (κ1) is 17.6. The van der Waals surface area contributed by atoms with E-state index in [1.54, 1.807) is 41.1 Å². The average Bonchev–Trinajstić information content (AvgIpc) is 3.14. The third-order valence-electron chi connectivity index (χ3n) is 3.96. The van der Waals surface area contributed by atoms with Crippen molar-refractivity contribution in [3.8, 4) is 11.8 Å². The molecule has 132 valence electrons. The summed E-state index contributed by atoms with van der Waals surface area (Å²) in [4.78, 5) is 21.1. The number of allylic oxidation sites excluding steroid dienone is 1. The van der Waals surface area contributed by atoms with E-state index in [9.17, 15) is 25.3 Å². The van der Waals surface area contributed by atoms with Crippen molar-refractivity contribution < 1.29 is 14.8 Å². The molecule has 0 N–H and O–H groups in total. The maximum Gasteiger partial charge on any atom is 0.269 e. The van der Waals surface area contributed by atoms with Crippen LogP contribution in [0.2, 0.25) is 0 Å². The summed E-state index contributed by atoms with van der Waals surface area (Å²) >= 11 is 0. The number of aromatic nitrogens is 1. The van der Waals surface area contributed by atoms with Gasteiger partial charge < -0.3 is 14.5 Å². The Morgan fingerprint density at radius 1 is 1.04 bits per heavy atom. The second-order valence-electron chi connectivity index (χ2n) is 5.61. The minimum atomic E-state index is -1.25. The zero-order valence-electron chi connectivity index (χ0n) is 13.9. The lowest BCUT2D eigenvalue weighted by Gasteiger charge is -2.09. The van der Waals surface area contributed by atoms with Crippen LogP contribution in [0.1, 0.15) is 21.6 Å². The van der Waals surface area contributed by atoms with Crippen LogP contribution in [0.15, 0.2) is 66.9 Å². The largest absolute Gasteiger partial charge is 0.545 e. The van der Waals surface area contributed by atoms with Gasteiger partial charge in [-0.15, -0.1) is 0 Å². The number of non-ortho nitro benzene ring substituents is 1. The molecule has 27 heavy (non-hydrogen) atoms. The highest BCUT2D eigenvalue weighted by Crippen LogP contribution is 2.22. The Bertz CT molecular complexity index is 1070. The summed E-state index contributed by atoms with van der Waals surface area (Å²) in [5.41, 5.74) is 2.35. The molecule has 3 rings (SSSR count). The fourth-order valence-corrected chi connectivity index (χ4v) is 2.60. The number of nitro benzene ring substituents is 1. The van der Waals surface area contributed by atoms with E-state index in [0.717, 1.165) is 5.69 Å². The number of carbonyl (C=O) groups excluding carboxylic acids is 1. The van der Waals surface area contributed by atoms with Crippen LogP contribution < -0.4 is 5.11 Å². The van der Waals surface area contributed by atoms with Gasteiger partial charge in [0.25, 0.3) is 5.69 Å². The lowest BCUT2D eigenvalue weighted by Crippen LogP contribution is -2.22. The van der Waals surface area contributed by atoms with E-state index >= 15 is 0 Å². The molecule has 0 radical (unpaired) electrons. The molecule has 0 saturated carbocycles. The van der Waals surface area contributed by atoms with E-state index < -0.39 is 10.9 Å². The first-order valence-electron chi connectivity index (χ1n) is 7.85. The van der Waals surface area contributed by atoms with Crippen LogP contribution in [-0.4, -0.2) is 15.5 Å². The Morgan fingerprint density at radius 2 is 1.67 bits per heavy atom. The standard InChI is InChI=1S/C20H13N3O4/c21-13-16(14-3-9-18(10-4-14)23(26)27)12-19-2-1-11-22(19)17-7-5-15(6-8-17)20(24)25/h1-12H,(H,24,25)/p-1/b16-12-. The first-order chi connectivity index (χ1) is 13.0. The number of nitro groups is 1. The predicted octanol–water partition coefficient (Wildman–Crippen LogP) is 2.81. The summed E-state index contributed by atoms with van der Waals surface area (Å²) < 4.78 is 1.79. The molecule has 1 aromatic heterocycles. The number of carbonyl (C=O) groups is 1.